The first-order chi connectivity index (χ1) is 8.15. The van der Waals surface area contributed by atoms with Crippen LogP contribution in [0.3, 0.4) is 0 Å². The van der Waals surface area contributed by atoms with Gasteiger partial charge in [0, 0.05) is 25.0 Å². The van der Waals surface area contributed by atoms with E-state index in [0.717, 1.165) is 5.56 Å². The minimum Gasteiger partial charge on any atom is -0.317 e. The summed E-state index contributed by atoms with van der Waals surface area (Å²) < 4.78 is 1.42. The predicted molar refractivity (Wildman–Crippen MR) is 64.4 cm³/mol. The molecule has 17 heavy (non-hydrogen) atoms. The number of hydrogen-bond donors (Lipinski definition) is 0. The van der Waals surface area contributed by atoms with Crippen molar-refractivity contribution in [2.24, 2.45) is 7.05 Å². The predicted octanol–water partition coefficient (Wildman–Crippen LogP) is 1.63. The molecular formula is C13H11N3O. The summed E-state index contributed by atoms with van der Waals surface area (Å²) in [6.07, 6.45) is 3.36. The fraction of sp³-hybridized carbons (Fsp3) is 0.154. The lowest BCUT2D eigenvalue weighted by Crippen LogP contribution is -2.21. The average Bonchev–Trinajstić information content (AvgIpc) is 2.34. The molecule has 2 heterocycles. The van der Waals surface area contributed by atoms with Gasteiger partial charge in [-0.25, -0.2) is 0 Å². The Labute approximate surface area is 98.8 Å². The van der Waals surface area contributed by atoms with Gasteiger partial charge in [0.05, 0.1) is 5.69 Å². The lowest BCUT2D eigenvalue weighted by Gasteiger charge is -2.09. The van der Waals surface area contributed by atoms with Crippen molar-refractivity contribution in [2.45, 2.75) is 6.92 Å². The van der Waals surface area contributed by atoms with E-state index in [-0.39, 0.29) is 11.1 Å². The average molecular weight is 225 g/mol. The Bertz CT molecular complexity index is 651. The SMILES string of the molecule is Cc1cn(C)c(=O)c(C#N)c1-c1ccccn1. The normalized spacial score (nSPS) is 9.94. The molecule has 84 valence electrons. The first-order valence-corrected chi connectivity index (χ1v) is 5.17. The van der Waals surface area contributed by atoms with Crippen molar-refractivity contribution in [3.8, 4) is 17.3 Å². The minimum atomic E-state index is -0.293. The van der Waals surface area contributed by atoms with Crippen molar-refractivity contribution < 1.29 is 0 Å². The number of rotatable bonds is 1. The van der Waals surface area contributed by atoms with E-state index >= 15 is 0 Å². The maximum absolute atomic E-state index is 11.9. The maximum Gasteiger partial charge on any atom is 0.268 e. The lowest BCUT2D eigenvalue weighted by molar-refractivity contribution is 0.848. The molecule has 0 atom stereocenters. The monoisotopic (exact) mass is 225 g/mol. The second-order valence-electron chi connectivity index (χ2n) is 3.80. The van der Waals surface area contributed by atoms with E-state index in [9.17, 15) is 4.79 Å². The zero-order valence-electron chi connectivity index (χ0n) is 9.64. The molecule has 0 aliphatic carbocycles. The second kappa shape index (κ2) is 4.22. The van der Waals surface area contributed by atoms with Gasteiger partial charge in [0.15, 0.2) is 0 Å². The van der Waals surface area contributed by atoms with Crippen LogP contribution in [0.25, 0.3) is 11.3 Å². The quantitative estimate of drug-likeness (QED) is 0.741. The molecule has 0 N–H and O–H groups in total. The molecule has 0 amide bonds. The summed E-state index contributed by atoms with van der Waals surface area (Å²) in [7, 11) is 1.64. The number of nitrogens with zero attached hydrogens (tertiary/aromatic N) is 3. The molecule has 2 rings (SSSR count). The third-order valence-corrected chi connectivity index (χ3v) is 2.60. The van der Waals surface area contributed by atoms with E-state index in [1.165, 1.54) is 4.57 Å². The van der Waals surface area contributed by atoms with Gasteiger partial charge in [-0.15, -0.1) is 0 Å². The van der Waals surface area contributed by atoms with Gasteiger partial charge in [0.25, 0.3) is 5.56 Å². The fourth-order valence-corrected chi connectivity index (χ4v) is 1.84. The molecule has 0 aliphatic heterocycles. The lowest BCUT2D eigenvalue weighted by atomic mass is 10.0. The molecule has 4 nitrogen and oxygen atoms in total. The van der Waals surface area contributed by atoms with Crippen LogP contribution in [0.2, 0.25) is 0 Å². The van der Waals surface area contributed by atoms with Crippen LogP contribution in [0, 0.1) is 18.3 Å². The number of pyridine rings is 2. The molecule has 0 aliphatic rings. The molecule has 0 saturated heterocycles. The Kier molecular flexibility index (Phi) is 2.75. The van der Waals surface area contributed by atoms with Crippen molar-refractivity contribution in [3.63, 3.8) is 0 Å². The summed E-state index contributed by atoms with van der Waals surface area (Å²) in [5.74, 6) is 0. The molecule has 0 unspecified atom stereocenters. The van der Waals surface area contributed by atoms with E-state index in [2.05, 4.69) is 4.98 Å². The molecule has 0 bridgehead atoms. The first-order valence-electron chi connectivity index (χ1n) is 5.17. The summed E-state index contributed by atoms with van der Waals surface area (Å²) in [5.41, 5.74) is 1.99. The summed E-state index contributed by atoms with van der Waals surface area (Å²) in [4.78, 5) is 16.0. The maximum atomic E-state index is 11.9. The Balaban J connectivity index is 2.84. The van der Waals surface area contributed by atoms with Crippen molar-refractivity contribution in [3.05, 3.63) is 52.1 Å². The second-order valence-corrected chi connectivity index (χ2v) is 3.80. The minimum absolute atomic E-state index is 0.145. The van der Waals surface area contributed by atoms with Gasteiger partial charge in [-0.3, -0.25) is 9.78 Å². The number of nitriles is 1. The molecule has 0 aromatic carbocycles. The number of aromatic nitrogens is 2. The van der Waals surface area contributed by atoms with Gasteiger partial charge in [-0.1, -0.05) is 6.07 Å². The van der Waals surface area contributed by atoms with Crippen LogP contribution in [0.15, 0.2) is 35.4 Å². The van der Waals surface area contributed by atoms with E-state index in [4.69, 9.17) is 5.26 Å². The first kappa shape index (κ1) is 11.1. The zero-order chi connectivity index (χ0) is 12.4. The van der Waals surface area contributed by atoms with Crippen LogP contribution >= 0.6 is 0 Å². The fourth-order valence-electron chi connectivity index (χ4n) is 1.84. The Morgan fingerprint density at radius 3 is 2.76 bits per heavy atom. The molecule has 0 radical (unpaired) electrons. The van der Waals surface area contributed by atoms with Crippen molar-refractivity contribution >= 4 is 0 Å². The van der Waals surface area contributed by atoms with Crippen LogP contribution in [0.1, 0.15) is 11.1 Å². The smallest absolute Gasteiger partial charge is 0.268 e. The molecule has 0 fully saturated rings. The van der Waals surface area contributed by atoms with E-state index in [0.29, 0.717) is 11.3 Å². The molecule has 2 aromatic rings. The standard InChI is InChI=1S/C13H11N3O/c1-9-8-16(2)13(17)10(7-14)12(9)11-5-3-4-6-15-11/h3-6,8H,1-2H3. The highest BCUT2D eigenvalue weighted by Crippen LogP contribution is 2.22. The van der Waals surface area contributed by atoms with E-state index < -0.39 is 0 Å². The summed E-state index contributed by atoms with van der Waals surface area (Å²) in [6, 6.07) is 7.40. The van der Waals surface area contributed by atoms with Gasteiger partial charge in [-0.05, 0) is 24.6 Å². The third kappa shape index (κ3) is 1.83. The topological polar surface area (TPSA) is 58.7 Å². The third-order valence-electron chi connectivity index (χ3n) is 2.60. The Morgan fingerprint density at radius 1 is 1.41 bits per heavy atom. The van der Waals surface area contributed by atoms with Gasteiger partial charge in [-0.2, -0.15) is 5.26 Å². The van der Waals surface area contributed by atoms with Gasteiger partial charge >= 0.3 is 0 Å². The van der Waals surface area contributed by atoms with Gasteiger partial charge in [0.2, 0.25) is 0 Å². The highest BCUT2D eigenvalue weighted by atomic mass is 16.1. The van der Waals surface area contributed by atoms with Crippen LogP contribution in [0.4, 0.5) is 0 Å². The summed E-state index contributed by atoms with van der Waals surface area (Å²) in [5, 5.41) is 9.12. The van der Waals surface area contributed by atoms with Crippen LogP contribution in [-0.2, 0) is 7.05 Å². The van der Waals surface area contributed by atoms with E-state index in [1.54, 1.807) is 31.6 Å². The highest BCUT2D eigenvalue weighted by Gasteiger charge is 2.14. The number of hydrogen-bond acceptors (Lipinski definition) is 3. The molecule has 0 saturated carbocycles. The Hall–Kier alpha value is -2.41. The van der Waals surface area contributed by atoms with Crippen molar-refractivity contribution in [1.82, 2.24) is 9.55 Å². The summed E-state index contributed by atoms with van der Waals surface area (Å²) >= 11 is 0. The largest absolute Gasteiger partial charge is 0.317 e. The van der Waals surface area contributed by atoms with Crippen molar-refractivity contribution in [1.29, 1.82) is 5.26 Å². The van der Waals surface area contributed by atoms with Crippen LogP contribution in [-0.4, -0.2) is 9.55 Å². The van der Waals surface area contributed by atoms with Gasteiger partial charge < -0.3 is 4.57 Å². The molecule has 4 heteroatoms. The Morgan fingerprint density at radius 2 is 2.18 bits per heavy atom. The van der Waals surface area contributed by atoms with Crippen molar-refractivity contribution in [2.75, 3.05) is 0 Å². The number of aryl methyl sites for hydroxylation is 2. The zero-order valence-corrected chi connectivity index (χ0v) is 9.64. The summed E-state index contributed by atoms with van der Waals surface area (Å²) in [6.45, 7) is 1.87. The van der Waals surface area contributed by atoms with Crippen LogP contribution in [0.5, 0.6) is 0 Å². The van der Waals surface area contributed by atoms with Gasteiger partial charge in [0.1, 0.15) is 11.6 Å². The molecular weight excluding hydrogens is 214 g/mol. The van der Waals surface area contributed by atoms with E-state index in [1.807, 2.05) is 19.1 Å². The molecule has 2 aromatic heterocycles. The molecule has 0 spiro atoms. The highest BCUT2D eigenvalue weighted by molar-refractivity contribution is 5.69. The van der Waals surface area contributed by atoms with Crippen LogP contribution < -0.4 is 5.56 Å².